The van der Waals surface area contributed by atoms with E-state index in [0.29, 0.717) is 92.4 Å². The first-order chi connectivity index (χ1) is 16.2. The van der Waals surface area contributed by atoms with Crippen LogP contribution in [-0.2, 0) is 42.7 Å². The highest BCUT2D eigenvalue weighted by Gasteiger charge is 2.01. The van der Waals surface area contributed by atoms with Gasteiger partial charge < -0.3 is 48.9 Å². The van der Waals surface area contributed by atoms with E-state index in [2.05, 4.69) is 10.6 Å². The molecule has 0 aromatic heterocycles. The van der Waals surface area contributed by atoms with Crippen molar-refractivity contribution in [2.75, 3.05) is 112 Å². The summed E-state index contributed by atoms with van der Waals surface area (Å²) in [5.41, 5.74) is 0. The number of carbonyl (C=O) groups is 2. The van der Waals surface area contributed by atoms with E-state index < -0.39 is 0 Å². The zero-order valence-electron chi connectivity index (χ0n) is 19.8. The Morgan fingerprint density at radius 2 is 0.909 bits per heavy atom. The highest BCUT2D eigenvalue weighted by Crippen LogP contribution is 1.84. The maximum atomic E-state index is 11.6. The van der Waals surface area contributed by atoms with Gasteiger partial charge in [-0.1, -0.05) is 6.92 Å². The standard InChI is InChI=1S/C21H42N2O10/c1-2-3-22-20(25)18-32-16-14-30-12-13-31-15-17-33-19-21(26)23-4-6-27-8-10-29-11-9-28-7-5-24/h24H,2-19H2,1H3,(H,22,25)(H,23,26). The molecule has 0 rings (SSSR count). The van der Waals surface area contributed by atoms with E-state index in [1.165, 1.54) is 0 Å². The van der Waals surface area contributed by atoms with Gasteiger partial charge in [0.05, 0.1) is 85.9 Å². The summed E-state index contributed by atoms with van der Waals surface area (Å²) in [5, 5.41) is 13.9. The normalized spacial score (nSPS) is 11.0. The third kappa shape index (κ3) is 26.8. The molecule has 0 aromatic carbocycles. The Labute approximate surface area is 196 Å². The van der Waals surface area contributed by atoms with Crippen LogP contribution in [0.15, 0.2) is 0 Å². The number of carbonyl (C=O) groups excluding carboxylic acids is 2. The van der Waals surface area contributed by atoms with Crippen molar-refractivity contribution in [3.05, 3.63) is 0 Å². The maximum absolute atomic E-state index is 11.6. The fourth-order valence-corrected chi connectivity index (χ4v) is 2.12. The molecule has 0 aliphatic carbocycles. The van der Waals surface area contributed by atoms with Crippen LogP contribution >= 0.6 is 0 Å². The Balaban J connectivity index is 3.19. The van der Waals surface area contributed by atoms with Gasteiger partial charge in [0.2, 0.25) is 11.8 Å². The minimum Gasteiger partial charge on any atom is -0.394 e. The summed E-state index contributed by atoms with van der Waals surface area (Å²) in [6.45, 7) is 7.70. The van der Waals surface area contributed by atoms with Crippen LogP contribution in [0.25, 0.3) is 0 Å². The van der Waals surface area contributed by atoms with Crippen LogP contribution in [0.4, 0.5) is 0 Å². The van der Waals surface area contributed by atoms with Crippen molar-refractivity contribution in [3.8, 4) is 0 Å². The second-order valence-corrected chi connectivity index (χ2v) is 6.59. The number of hydrogen-bond donors (Lipinski definition) is 3. The van der Waals surface area contributed by atoms with Gasteiger partial charge >= 0.3 is 0 Å². The second kappa shape index (κ2) is 26.9. The lowest BCUT2D eigenvalue weighted by Crippen LogP contribution is -2.31. The number of aliphatic hydroxyl groups is 1. The third-order valence-electron chi connectivity index (χ3n) is 3.70. The Morgan fingerprint density at radius 3 is 1.33 bits per heavy atom. The summed E-state index contributed by atoms with van der Waals surface area (Å²) in [6, 6.07) is 0. The Kier molecular flexibility index (Phi) is 25.7. The van der Waals surface area contributed by atoms with Crippen molar-refractivity contribution in [1.82, 2.24) is 10.6 Å². The average Bonchev–Trinajstić information content (AvgIpc) is 2.81. The van der Waals surface area contributed by atoms with Crippen molar-refractivity contribution in [3.63, 3.8) is 0 Å². The molecule has 0 spiro atoms. The molecule has 0 saturated carbocycles. The van der Waals surface area contributed by atoms with E-state index in [1.807, 2.05) is 6.92 Å². The third-order valence-corrected chi connectivity index (χ3v) is 3.70. The number of amides is 2. The maximum Gasteiger partial charge on any atom is 0.246 e. The van der Waals surface area contributed by atoms with E-state index in [0.717, 1.165) is 6.42 Å². The quantitative estimate of drug-likeness (QED) is 0.128. The van der Waals surface area contributed by atoms with Gasteiger partial charge in [-0.2, -0.15) is 0 Å². The summed E-state index contributed by atoms with van der Waals surface area (Å²) >= 11 is 0. The van der Waals surface area contributed by atoms with Gasteiger partial charge in [0.15, 0.2) is 0 Å². The lowest BCUT2D eigenvalue weighted by atomic mass is 10.5. The molecule has 196 valence electrons. The van der Waals surface area contributed by atoms with Crippen LogP contribution in [0.1, 0.15) is 13.3 Å². The van der Waals surface area contributed by atoms with E-state index in [1.54, 1.807) is 0 Å². The summed E-state index contributed by atoms with van der Waals surface area (Å²) in [7, 11) is 0. The zero-order valence-corrected chi connectivity index (χ0v) is 19.8. The van der Waals surface area contributed by atoms with E-state index in [-0.39, 0.29) is 31.6 Å². The smallest absolute Gasteiger partial charge is 0.246 e. The predicted molar refractivity (Wildman–Crippen MR) is 119 cm³/mol. The number of ether oxygens (including phenoxy) is 7. The van der Waals surface area contributed by atoms with Crippen LogP contribution in [0.2, 0.25) is 0 Å². The molecule has 3 N–H and O–H groups in total. The van der Waals surface area contributed by atoms with Crippen molar-refractivity contribution in [2.45, 2.75) is 13.3 Å². The summed E-state index contributed by atoms with van der Waals surface area (Å²) in [4.78, 5) is 22.9. The average molecular weight is 483 g/mol. The minimum absolute atomic E-state index is 0.00375. The van der Waals surface area contributed by atoms with Gasteiger partial charge in [-0.25, -0.2) is 0 Å². The van der Waals surface area contributed by atoms with Crippen molar-refractivity contribution >= 4 is 11.8 Å². The molecular formula is C21H42N2O10. The summed E-state index contributed by atoms with van der Waals surface area (Å²) in [6.07, 6.45) is 0.894. The number of nitrogens with one attached hydrogen (secondary N) is 2. The zero-order chi connectivity index (χ0) is 24.2. The van der Waals surface area contributed by atoms with Crippen molar-refractivity contribution < 1.29 is 47.9 Å². The van der Waals surface area contributed by atoms with Crippen LogP contribution in [-0.4, -0.2) is 129 Å². The highest BCUT2D eigenvalue weighted by atomic mass is 16.6. The first-order valence-electron chi connectivity index (χ1n) is 11.4. The molecule has 0 bridgehead atoms. The lowest BCUT2D eigenvalue weighted by Gasteiger charge is -2.09. The Morgan fingerprint density at radius 1 is 0.545 bits per heavy atom. The largest absolute Gasteiger partial charge is 0.394 e. The lowest BCUT2D eigenvalue weighted by molar-refractivity contribution is -0.127. The molecule has 0 heterocycles. The first kappa shape index (κ1) is 31.6. The molecule has 0 aromatic rings. The van der Waals surface area contributed by atoms with Gasteiger partial charge in [0.25, 0.3) is 0 Å². The van der Waals surface area contributed by atoms with Crippen molar-refractivity contribution in [1.29, 1.82) is 0 Å². The van der Waals surface area contributed by atoms with E-state index in [4.69, 9.17) is 38.3 Å². The molecule has 0 unspecified atom stereocenters. The minimum atomic E-state index is -0.220. The molecule has 0 aliphatic heterocycles. The highest BCUT2D eigenvalue weighted by molar-refractivity contribution is 5.77. The fraction of sp³-hybridized carbons (Fsp3) is 0.905. The molecule has 0 saturated heterocycles. The molecular weight excluding hydrogens is 440 g/mol. The Hall–Kier alpha value is -1.38. The molecule has 0 aliphatic rings. The van der Waals surface area contributed by atoms with Crippen LogP contribution < -0.4 is 10.6 Å². The molecule has 12 nitrogen and oxygen atoms in total. The van der Waals surface area contributed by atoms with Gasteiger partial charge in [0.1, 0.15) is 13.2 Å². The number of rotatable bonds is 26. The number of aliphatic hydroxyl groups excluding tert-OH is 1. The predicted octanol–water partition coefficient (Wildman–Crippen LogP) is -1.26. The summed E-state index contributed by atoms with van der Waals surface area (Å²) in [5.74, 6) is -0.344. The monoisotopic (exact) mass is 482 g/mol. The van der Waals surface area contributed by atoms with Crippen LogP contribution in [0.3, 0.4) is 0 Å². The van der Waals surface area contributed by atoms with Gasteiger partial charge in [0, 0.05) is 13.1 Å². The molecule has 0 radical (unpaired) electrons. The van der Waals surface area contributed by atoms with Gasteiger partial charge in [-0.05, 0) is 6.42 Å². The molecule has 33 heavy (non-hydrogen) atoms. The van der Waals surface area contributed by atoms with Crippen LogP contribution in [0, 0.1) is 0 Å². The van der Waals surface area contributed by atoms with E-state index in [9.17, 15) is 9.59 Å². The van der Waals surface area contributed by atoms with Gasteiger partial charge in [-0.15, -0.1) is 0 Å². The second-order valence-electron chi connectivity index (χ2n) is 6.59. The number of hydrogen-bond acceptors (Lipinski definition) is 10. The van der Waals surface area contributed by atoms with Crippen LogP contribution in [0.5, 0.6) is 0 Å². The summed E-state index contributed by atoms with van der Waals surface area (Å²) < 4.78 is 36.7. The molecule has 12 heteroatoms. The first-order valence-corrected chi connectivity index (χ1v) is 11.4. The molecule has 0 atom stereocenters. The topological polar surface area (TPSA) is 143 Å². The van der Waals surface area contributed by atoms with Gasteiger partial charge in [-0.3, -0.25) is 9.59 Å². The molecule has 2 amide bonds. The fourth-order valence-electron chi connectivity index (χ4n) is 2.12. The SMILES string of the molecule is CCCNC(=O)COCCOCCOCCOCC(=O)NCCOCCOCCOCCO. The molecule has 0 fully saturated rings. The Bertz CT molecular complexity index is 443. The van der Waals surface area contributed by atoms with Crippen molar-refractivity contribution in [2.24, 2.45) is 0 Å². The van der Waals surface area contributed by atoms with E-state index >= 15 is 0 Å².